The molecule has 0 spiro atoms. The first kappa shape index (κ1) is 12.4. The van der Waals surface area contributed by atoms with Gasteiger partial charge in [-0.3, -0.25) is 10.1 Å². The van der Waals surface area contributed by atoms with Gasteiger partial charge in [0.15, 0.2) is 0 Å². The Balaban J connectivity index is 2.33. The maximum Gasteiger partial charge on any atom is 0.273 e. The summed E-state index contributed by atoms with van der Waals surface area (Å²) >= 11 is 3.19. The minimum absolute atomic E-state index is 0.0243. The van der Waals surface area contributed by atoms with Gasteiger partial charge >= 0.3 is 0 Å². The van der Waals surface area contributed by atoms with Crippen LogP contribution in [0.1, 0.15) is 5.56 Å². The molecule has 1 heterocycles. The van der Waals surface area contributed by atoms with E-state index in [0.29, 0.717) is 16.2 Å². The number of rotatable bonds is 3. The molecule has 1 aromatic carbocycles. The van der Waals surface area contributed by atoms with Crippen LogP contribution >= 0.6 is 15.9 Å². The highest BCUT2D eigenvalue weighted by molar-refractivity contribution is 9.10. The van der Waals surface area contributed by atoms with Crippen molar-refractivity contribution >= 4 is 21.6 Å². The van der Waals surface area contributed by atoms with E-state index in [-0.39, 0.29) is 5.69 Å². The number of hydrogen-bond donors (Lipinski definition) is 0. The Bertz CT molecular complexity index is 604. The maximum atomic E-state index is 10.7. The van der Waals surface area contributed by atoms with E-state index in [9.17, 15) is 10.1 Å². The molecule has 0 saturated carbocycles. The Hall–Kier alpha value is -2.02. The third-order valence-corrected chi connectivity index (χ3v) is 2.64. The van der Waals surface area contributed by atoms with Gasteiger partial charge in [0.2, 0.25) is 5.88 Å². The van der Waals surface area contributed by atoms with Crippen LogP contribution in [0.25, 0.3) is 0 Å². The number of non-ortho nitro benzene ring substituents is 1. The van der Waals surface area contributed by atoms with Crippen LogP contribution in [0.3, 0.4) is 0 Å². The fraction of sp³-hybridized carbons (Fsp3) is 0.0909. The molecule has 0 aliphatic heterocycles. The maximum absolute atomic E-state index is 10.7. The second kappa shape index (κ2) is 5.09. The van der Waals surface area contributed by atoms with Crippen LogP contribution < -0.4 is 4.74 Å². The van der Waals surface area contributed by atoms with E-state index >= 15 is 0 Å². The number of halogens is 1. The summed E-state index contributed by atoms with van der Waals surface area (Å²) in [5, 5.41) is 10.7. The number of hydrogen-bond acceptors (Lipinski definition) is 5. The third-order valence-electron chi connectivity index (χ3n) is 2.21. The molecule has 92 valence electrons. The zero-order valence-electron chi connectivity index (χ0n) is 9.33. The molecule has 0 saturated heterocycles. The number of aryl methyl sites for hydroxylation is 1. The molecule has 0 radical (unpaired) electrons. The number of nitro groups is 1. The van der Waals surface area contributed by atoms with Crippen LogP contribution in [0.5, 0.6) is 11.6 Å². The van der Waals surface area contributed by atoms with Crippen LogP contribution in [0, 0.1) is 17.0 Å². The van der Waals surface area contributed by atoms with Gasteiger partial charge in [-0.15, -0.1) is 0 Å². The minimum Gasteiger partial charge on any atom is -0.438 e. The molecule has 7 heteroatoms. The van der Waals surface area contributed by atoms with Crippen LogP contribution in [-0.4, -0.2) is 14.9 Å². The average Bonchev–Trinajstić information content (AvgIpc) is 2.31. The second-order valence-electron chi connectivity index (χ2n) is 3.49. The standard InChI is InChI=1S/C11H8BrN3O3/c1-7-2-3-8(15(16)17)4-9(7)18-11-5-10(12)13-6-14-11/h2-6H,1H3. The Labute approximate surface area is 111 Å². The van der Waals surface area contributed by atoms with E-state index in [2.05, 4.69) is 25.9 Å². The third kappa shape index (κ3) is 2.80. The fourth-order valence-electron chi connectivity index (χ4n) is 1.30. The molecule has 0 atom stereocenters. The predicted octanol–water partition coefficient (Wildman–Crippen LogP) is 3.25. The van der Waals surface area contributed by atoms with Crippen molar-refractivity contribution in [3.63, 3.8) is 0 Å². The van der Waals surface area contributed by atoms with Crippen molar-refractivity contribution in [1.82, 2.24) is 9.97 Å². The van der Waals surface area contributed by atoms with Crippen LogP contribution in [0.4, 0.5) is 5.69 Å². The van der Waals surface area contributed by atoms with E-state index in [4.69, 9.17) is 4.74 Å². The molecule has 0 unspecified atom stereocenters. The summed E-state index contributed by atoms with van der Waals surface area (Å²) in [6, 6.07) is 6.01. The van der Waals surface area contributed by atoms with Crippen LogP contribution in [-0.2, 0) is 0 Å². The topological polar surface area (TPSA) is 78.2 Å². The van der Waals surface area contributed by atoms with E-state index in [0.717, 1.165) is 5.56 Å². The Morgan fingerprint density at radius 2 is 2.11 bits per heavy atom. The summed E-state index contributed by atoms with van der Waals surface area (Å²) in [6.07, 6.45) is 1.34. The van der Waals surface area contributed by atoms with Crippen molar-refractivity contribution in [2.45, 2.75) is 6.92 Å². The molecule has 0 bridgehead atoms. The molecule has 0 aliphatic carbocycles. The van der Waals surface area contributed by atoms with Gasteiger partial charge in [0.25, 0.3) is 5.69 Å². The molecular formula is C11H8BrN3O3. The largest absolute Gasteiger partial charge is 0.438 e. The minimum atomic E-state index is -0.470. The first-order chi connectivity index (χ1) is 8.56. The van der Waals surface area contributed by atoms with Gasteiger partial charge in [-0.2, -0.15) is 0 Å². The molecule has 0 fully saturated rings. The van der Waals surface area contributed by atoms with Gasteiger partial charge < -0.3 is 4.74 Å². The highest BCUT2D eigenvalue weighted by Crippen LogP contribution is 2.28. The van der Waals surface area contributed by atoms with Gasteiger partial charge in [0.1, 0.15) is 16.7 Å². The molecule has 0 N–H and O–H groups in total. The molecule has 6 nitrogen and oxygen atoms in total. The summed E-state index contributed by atoms with van der Waals surface area (Å²) in [7, 11) is 0. The SMILES string of the molecule is Cc1ccc([N+](=O)[O-])cc1Oc1cc(Br)ncn1. The molecule has 2 rings (SSSR count). The Morgan fingerprint density at radius 3 is 2.78 bits per heavy atom. The lowest BCUT2D eigenvalue weighted by Crippen LogP contribution is -1.94. The highest BCUT2D eigenvalue weighted by atomic mass is 79.9. The first-order valence-electron chi connectivity index (χ1n) is 4.96. The predicted molar refractivity (Wildman–Crippen MR) is 67.6 cm³/mol. The highest BCUT2D eigenvalue weighted by Gasteiger charge is 2.11. The zero-order valence-corrected chi connectivity index (χ0v) is 10.9. The van der Waals surface area contributed by atoms with Gasteiger partial charge in [0, 0.05) is 12.1 Å². The lowest BCUT2D eigenvalue weighted by atomic mass is 10.2. The number of ether oxygens (including phenoxy) is 1. The van der Waals surface area contributed by atoms with Crippen molar-refractivity contribution in [2.24, 2.45) is 0 Å². The molecule has 1 aromatic heterocycles. The summed E-state index contributed by atoms with van der Waals surface area (Å²) < 4.78 is 6.07. The van der Waals surface area contributed by atoms with E-state index in [1.807, 2.05) is 0 Å². The van der Waals surface area contributed by atoms with E-state index < -0.39 is 4.92 Å². The van der Waals surface area contributed by atoms with Gasteiger partial charge in [-0.1, -0.05) is 0 Å². The molecular weight excluding hydrogens is 302 g/mol. The van der Waals surface area contributed by atoms with Crippen molar-refractivity contribution in [3.8, 4) is 11.6 Å². The number of nitrogens with zero attached hydrogens (tertiary/aromatic N) is 3. The smallest absolute Gasteiger partial charge is 0.273 e. The van der Waals surface area contributed by atoms with Gasteiger partial charge in [-0.05, 0) is 34.5 Å². The molecule has 18 heavy (non-hydrogen) atoms. The number of aromatic nitrogens is 2. The second-order valence-corrected chi connectivity index (χ2v) is 4.30. The lowest BCUT2D eigenvalue weighted by Gasteiger charge is -2.07. The molecule has 2 aromatic rings. The molecule has 0 amide bonds. The van der Waals surface area contributed by atoms with Crippen LogP contribution in [0.15, 0.2) is 35.2 Å². The Kier molecular flexibility index (Phi) is 3.52. The summed E-state index contributed by atoms with van der Waals surface area (Å²) in [6.45, 7) is 1.80. The molecule has 0 aliphatic rings. The quantitative estimate of drug-likeness (QED) is 0.494. The van der Waals surface area contributed by atoms with Gasteiger partial charge in [0.05, 0.1) is 11.0 Å². The zero-order chi connectivity index (χ0) is 13.1. The number of benzene rings is 1. The van der Waals surface area contributed by atoms with E-state index in [1.165, 1.54) is 18.5 Å². The fourth-order valence-corrected chi connectivity index (χ4v) is 1.59. The Morgan fingerprint density at radius 1 is 1.33 bits per heavy atom. The summed E-state index contributed by atoms with van der Waals surface area (Å²) in [5.41, 5.74) is 0.763. The van der Waals surface area contributed by atoms with Crippen molar-refractivity contribution < 1.29 is 9.66 Å². The first-order valence-corrected chi connectivity index (χ1v) is 5.76. The van der Waals surface area contributed by atoms with Crippen molar-refractivity contribution in [2.75, 3.05) is 0 Å². The van der Waals surface area contributed by atoms with Gasteiger partial charge in [-0.25, -0.2) is 9.97 Å². The van der Waals surface area contributed by atoms with Crippen LogP contribution in [0.2, 0.25) is 0 Å². The monoisotopic (exact) mass is 309 g/mol. The van der Waals surface area contributed by atoms with E-state index in [1.54, 1.807) is 19.1 Å². The van der Waals surface area contributed by atoms with Crippen molar-refractivity contribution in [1.29, 1.82) is 0 Å². The summed E-state index contributed by atoms with van der Waals surface area (Å²) in [5.74, 6) is 0.718. The van der Waals surface area contributed by atoms with Crippen molar-refractivity contribution in [3.05, 3.63) is 50.9 Å². The summed E-state index contributed by atoms with van der Waals surface area (Å²) in [4.78, 5) is 18.0. The lowest BCUT2D eigenvalue weighted by molar-refractivity contribution is -0.384. The normalized spacial score (nSPS) is 10.1. The number of nitro benzene ring substituents is 1. The average molecular weight is 310 g/mol.